The third-order valence-electron chi connectivity index (χ3n) is 3.58. The van der Waals surface area contributed by atoms with Crippen molar-refractivity contribution in [1.29, 1.82) is 0 Å². The first-order chi connectivity index (χ1) is 10.3. The van der Waals surface area contributed by atoms with Crippen LogP contribution in [0.15, 0.2) is 22.7 Å². The fraction of sp³-hybridized carbons (Fsp3) is 0.588. The largest absolute Gasteiger partial charge is 0.491 e. The quantitative estimate of drug-likeness (QED) is 0.784. The maximum Gasteiger partial charge on any atom is 0.410 e. The molecular formula is C17H24BrNO3. The minimum absolute atomic E-state index is 0.0822. The van der Waals surface area contributed by atoms with Crippen LogP contribution in [-0.2, 0) is 4.74 Å². The third-order valence-corrected chi connectivity index (χ3v) is 4.47. The maximum atomic E-state index is 12.2. The Labute approximate surface area is 140 Å². The van der Waals surface area contributed by atoms with Crippen LogP contribution < -0.4 is 4.74 Å². The van der Waals surface area contributed by atoms with Crippen LogP contribution in [0.25, 0.3) is 0 Å². The fourth-order valence-electron chi connectivity index (χ4n) is 2.47. The lowest BCUT2D eigenvalue weighted by Crippen LogP contribution is -2.42. The van der Waals surface area contributed by atoms with Gasteiger partial charge in [0.1, 0.15) is 18.0 Å². The summed E-state index contributed by atoms with van der Waals surface area (Å²) in [5.41, 5.74) is 0.668. The third kappa shape index (κ3) is 4.63. The van der Waals surface area contributed by atoms with E-state index in [9.17, 15) is 4.79 Å². The molecule has 0 bridgehead atoms. The van der Waals surface area contributed by atoms with Crippen LogP contribution in [-0.4, -0.2) is 35.8 Å². The Hall–Kier alpha value is -1.23. The lowest BCUT2D eigenvalue weighted by atomic mass is 10.2. The van der Waals surface area contributed by atoms with Gasteiger partial charge >= 0.3 is 6.09 Å². The molecule has 0 N–H and O–H groups in total. The molecule has 2 rings (SSSR count). The predicted molar refractivity (Wildman–Crippen MR) is 90.3 cm³/mol. The first-order valence-electron chi connectivity index (χ1n) is 7.65. The van der Waals surface area contributed by atoms with Crippen LogP contribution in [0.3, 0.4) is 0 Å². The van der Waals surface area contributed by atoms with Gasteiger partial charge in [-0.1, -0.05) is 15.9 Å². The van der Waals surface area contributed by atoms with E-state index >= 15 is 0 Å². The van der Waals surface area contributed by atoms with Crippen LogP contribution in [0.2, 0.25) is 0 Å². The molecule has 1 aliphatic rings. The Kier molecular flexibility index (Phi) is 5.37. The Bertz CT molecular complexity index is 539. The Morgan fingerprint density at radius 1 is 1.41 bits per heavy atom. The highest BCUT2D eigenvalue weighted by molar-refractivity contribution is 9.10. The van der Waals surface area contributed by atoms with Crippen LogP contribution in [0, 0.1) is 6.92 Å². The minimum atomic E-state index is -0.464. The van der Waals surface area contributed by atoms with Crippen molar-refractivity contribution in [2.45, 2.75) is 52.2 Å². The van der Waals surface area contributed by atoms with Crippen LogP contribution in [0.1, 0.15) is 39.2 Å². The van der Waals surface area contributed by atoms with Crippen molar-refractivity contribution in [2.75, 3.05) is 13.2 Å². The van der Waals surface area contributed by atoms with Gasteiger partial charge in [0.2, 0.25) is 0 Å². The summed E-state index contributed by atoms with van der Waals surface area (Å²) in [6.07, 6.45) is 1.70. The molecule has 1 aromatic rings. The van der Waals surface area contributed by atoms with E-state index in [0.29, 0.717) is 6.61 Å². The Morgan fingerprint density at radius 3 is 2.77 bits per heavy atom. The number of carbonyl (C=O) groups is 1. The Morgan fingerprint density at radius 2 is 2.14 bits per heavy atom. The van der Waals surface area contributed by atoms with E-state index in [1.807, 2.05) is 45.9 Å². The zero-order chi connectivity index (χ0) is 16.3. The van der Waals surface area contributed by atoms with E-state index in [2.05, 4.69) is 15.9 Å². The van der Waals surface area contributed by atoms with E-state index < -0.39 is 5.60 Å². The van der Waals surface area contributed by atoms with Crippen molar-refractivity contribution in [3.8, 4) is 5.75 Å². The van der Waals surface area contributed by atoms with Crippen molar-refractivity contribution in [3.05, 3.63) is 28.2 Å². The molecule has 1 amide bonds. The molecule has 22 heavy (non-hydrogen) atoms. The topological polar surface area (TPSA) is 38.8 Å². The SMILES string of the molecule is Cc1cc(OC[C@@H]2CCCN2C(=O)OC(C)(C)C)ccc1Br. The second-order valence-corrected chi connectivity index (χ2v) is 7.55. The van der Waals surface area contributed by atoms with Gasteiger partial charge < -0.3 is 14.4 Å². The van der Waals surface area contributed by atoms with Gasteiger partial charge in [-0.3, -0.25) is 0 Å². The molecular weight excluding hydrogens is 346 g/mol. The smallest absolute Gasteiger partial charge is 0.410 e. The molecule has 0 radical (unpaired) electrons. The van der Waals surface area contributed by atoms with Crippen molar-refractivity contribution >= 4 is 22.0 Å². The highest BCUT2D eigenvalue weighted by Gasteiger charge is 2.32. The van der Waals surface area contributed by atoms with Crippen molar-refractivity contribution in [3.63, 3.8) is 0 Å². The second kappa shape index (κ2) is 6.90. The van der Waals surface area contributed by atoms with Gasteiger partial charge in [-0.25, -0.2) is 4.79 Å². The van der Waals surface area contributed by atoms with Gasteiger partial charge in [0.05, 0.1) is 6.04 Å². The maximum absolute atomic E-state index is 12.2. The number of ether oxygens (including phenoxy) is 2. The van der Waals surface area contributed by atoms with Crippen LogP contribution in [0.5, 0.6) is 5.75 Å². The summed E-state index contributed by atoms with van der Waals surface area (Å²) in [6, 6.07) is 5.99. The molecule has 1 aromatic carbocycles. The molecule has 1 heterocycles. The van der Waals surface area contributed by atoms with E-state index in [1.165, 1.54) is 0 Å². The lowest BCUT2D eigenvalue weighted by molar-refractivity contribution is 0.0187. The van der Waals surface area contributed by atoms with E-state index in [0.717, 1.165) is 35.2 Å². The summed E-state index contributed by atoms with van der Waals surface area (Å²) in [5.74, 6) is 0.830. The summed E-state index contributed by atoms with van der Waals surface area (Å²) in [7, 11) is 0. The molecule has 5 heteroatoms. The molecule has 1 saturated heterocycles. The number of benzene rings is 1. The summed E-state index contributed by atoms with van der Waals surface area (Å²) in [4.78, 5) is 14.0. The highest BCUT2D eigenvalue weighted by Crippen LogP contribution is 2.24. The normalized spacial score (nSPS) is 18.4. The number of aryl methyl sites for hydroxylation is 1. The molecule has 1 fully saturated rings. The zero-order valence-electron chi connectivity index (χ0n) is 13.7. The molecule has 0 aliphatic carbocycles. The molecule has 0 saturated carbocycles. The first kappa shape index (κ1) is 17.1. The van der Waals surface area contributed by atoms with Gasteiger partial charge in [-0.05, 0) is 64.3 Å². The van der Waals surface area contributed by atoms with Crippen molar-refractivity contribution in [1.82, 2.24) is 4.90 Å². The monoisotopic (exact) mass is 369 g/mol. The van der Waals surface area contributed by atoms with Crippen LogP contribution in [0.4, 0.5) is 4.79 Å². The average molecular weight is 370 g/mol. The van der Waals surface area contributed by atoms with Gasteiger partial charge in [0.15, 0.2) is 0 Å². The zero-order valence-corrected chi connectivity index (χ0v) is 15.3. The van der Waals surface area contributed by atoms with E-state index in [1.54, 1.807) is 4.90 Å². The van der Waals surface area contributed by atoms with Gasteiger partial charge in [0.25, 0.3) is 0 Å². The number of carbonyl (C=O) groups excluding carboxylic acids is 1. The van der Waals surface area contributed by atoms with Crippen molar-refractivity contribution < 1.29 is 14.3 Å². The summed E-state index contributed by atoms with van der Waals surface area (Å²) < 4.78 is 12.4. The number of likely N-dealkylation sites (tertiary alicyclic amines) is 1. The number of hydrogen-bond acceptors (Lipinski definition) is 3. The first-order valence-corrected chi connectivity index (χ1v) is 8.44. The fourth-order valence-corrected chi connectivity index (χ4v) is 2.72. The summed E-state index contributed by atoms with van der Waals surface area (Å²) in [6.45, 7) is 8.92. The van der Waals surface area contributed by atoms with E-state index in [4.69, 9.17) is 9.47 Å². The van der Waals surface area contributed by atoms with Gasteiger partial charge in [-0.15, -0.1) is 0 Å². The molecule has 122 valence electrons. The van der Waals surface area contributed by atoms with Crippen LogP contribution >= 0.6 is 15.9 Å². The summed E-state index contributed by atoms with van der Waals surface area (Å²) in [5, 5.41) is 0. The number of hydrogen-bond donors (Lipinski definition) is 0. The molecule has 0 unspecified atom stereocenters. The molecule has 0 spiro atoms. The van der Waals surface area contributed by atoms with Gasteiger partial charge in [0, 0.05) is 11.0 Å². The predicted octanol–water partition coefficient (Wildman–Crippen LogP) is 4.54. The standard InChI is InChI=1S/C17H24BrNO3/c1-12-10-14(7-8-15(12)18)21-11-13-6-5-9-19(13)16(20)22-17(2,3)4/h7-8,10,13H,5-6,9,11H2,1-4H3/t13-/m0/s1. The number of rotatable bonds is 3. The average Bonchev–Trinajstić information content (AvgIpc) is 2.87. The number of halogens is 1. The minimum Gasteiger partial charge on any atom is -0.491 e. The van der Waals surface area contributed by atoms with E-state index in [-0.39, 0.29) is 12.1 Å². The Balaban J connectivity index is 1.93. The van der Waals surface area contributed by atoms with Gasteiger partial charge in [-0.2, -0.15) is 0 Å². The number of amides is 1. The molecule has 1 atom stereocenters. The second-order valence-electron chi connectivity index (χ2n) is 6.69. The number of nitrogens with zero attached hydrogens (tertiary/aromatic N) is 1. The molecule has 0 aromatic heterocycles. The lowest BCUT2D eigenvalue weighted by Gasteiger charge is -2.28. The molecule has 4 nitrogen and oxygen atoms in total. The van der Waals surface area contributed by atoms with Crippen molar-refractivity contribution in [2.24, 2.45) is 0 Å². The highest BCUT2D eigenvalue weighted by atomic mass is 79.9. The molecule has 1 aliphatic heterocycles. The summed E-state index contributed by atoms with van der Waals surface area (Å²) >= 11 is 3.48.